The number of carboxylic acids is 1. The van der Waals surface area contributed by atoms with Gasteiger partial charge < -0.3 is 14.6 Å². The first-order valence-electron chi connectivity index (χ1n) is 5.35. The summed E-state index contributed by atoms with van der Waals surface area (Å²) in [7, 11) is 1.46. The van der Waals surface area contributed by atoms with Crippen molar-refractivity contribution in [1.29, 1.82) is 0 Å². The molecule has 0 radical (unpaired) electrons. The first-order valence-corrected chi connectivity index (χ1v) is 5.73. The van der Waals surface area contributed by atoms with Gasteiger partial charge >= 0.3 is 5.97 Å². The molecule has 4 nitrogen and oxygen atoms in total. The van der Waals surface area contributed by atoms with Crippen molar-refractivity contribution in [2.75, 3.05) is 13.7 Å². The van der Waals surface area contributed by atoms with Gasteiger partial charge in [0.15, 0.2) is 11.5 Å². The van der Waals surface area contributed by atoms with E-state index in [1.165, 1.54) is 13.2 Å². The van der Waals surface area contributed by atoms with Gasteiger partial charge in [-0.15, -0.1) is 0 Å². The number of aromatic carboxylic acids is 1. The summed E-state index contributed by atoms with van der Waals surface area (Å²) >= 11 is 5.82. The van der Waals surface area contributed by atoms with Crippen molar-refractivity contribution in [1.82, 2.24) is 0 Å². The molecule has 1 N–H and O–H groups in total. The van der Waals surface area contributed by atoms with Crippen molar-refractivity contribution in [2.45, 2.75) is 12.8 Å². The largest absolute Gasteiger partial charge is 0.493 e. The number of halogens is 1. The lowest BCUT2D eigenvalue weighted by molar-refractivity contribution is 0.0691. The molecule has 0 unspecified atom stereocenters. The third-order valence-electron chi connectivity index (χ3n) is 2.63. The molecule has 1 aliphatic carbocycles. The molecule has 0 spiro atoms. The van der Waals surface area contributed by atoms with Crippen LogP contribution >= 0.6 is 11.6 Å². The number of carboxylic acid groups (broad SMARTS) is 1. The summed E-state index contributed by atoms with van der Waals surface area (Å²) in [6, 6.07) is 2.92. The van der Waals surface area contributed by atoms with Crippen LogP contribution in [0.5, 0.6) is 11.5 Å². The molecule has 0 atom stereocenters. The Morgan fingerprint density at radius 1 is 1.53 bits per heavy atom. The molecule has 0 saturated heterocycles. The van der Waals surface area contributed by atoms with Gasteiger partial charge in [0.1, 0.15) is 5.56 Å². The molecule has 17 heavy (non-hydrogen) atoms. The van der Waals surface area contributed by atoms with Gasteiger partial charge in [0.25, 0.3) is 0 Å². The third kappa shape index (κ3) is 2.82. The zero-order valence-corrected chi connectivity index (χ0v) is 10.2. The van der Waals surface area contributed by atoms with Crippen LogP contribution in [-0.4, -0.2) is 24.8 Å². The van der Waals surface area contributed by atoms with Crippen LogP contribution in [0.3, 0.4) is 0 Å². The van der Waals surface area contributed by atoms with Crippen molar-refractivity contribution >= 4 is 17.6 Å². The first-order chi connectivity index (χ1) is 8.11. The highest BCUT2D eigenvalue weighted by Gasteiger charge is 2.25. The second-order valence-electron chi connectivity index (χ2n) is 4.04. The fourth-order valence-corrected chi connectivity index (χ4v) is 1.72. The Balaban J connectivity index is 2.32. The molecule has 0 bridgehead atoms. The summed E-state index contributed by atoms with van der Waals surface area (Å²) in [6.07, 6.45) is 2.27. The van der Waals surface area contributed by atoms with Gasteiger partial charge in [-0.25, -0.2) is 4.79 Å². The molecule has 92 valence electrons. The van der Waals surface area contributed by atoms with Crippen molar-refractivity contribution in [3.8, 4) is 11.5 Å². The van der Waals surface area contributed by atoms with Crippen molar-refractivity contribution < 1.29 is 19.4 Å². The molecule has 0 aliphatic heterocycles. The number of hydrogen-bond donors (Lipinski definition) is 1. The van der Waals surface area contributed by atoms with Gasteiger partial charge in [-0.3, -0.25) is 0 Å². The SMILES string of the molecule is COc1cc(Cl)cc(C(=O)O)c1OCC1CC1. The Morgan fingerprint density at radius 2 is 2.24 bits per heavy atom. The summed E-state index contributed by atoms with van der Waals surface area (Å²) in [5.41, 5.74) is 0.0370. The predicted molar refractivity (Wildman–Crippen MR) is 63.2 cm³/mol. The highest BCUT2D eigenvalue weighted by Crippen LogP contribution is 2.37. The quantitative estimate of drug-likeness (QED) is 0.880. The molecule has 1 aromatic carbocycles. The van der Waals surface area contributed by atoms with Gasteiger partial charge in [0.2, 0.25) is 0 Å². The van der Waals surface area contributed by atoms with Crippen LogP contribution in [-0.2, 0) is 0 Å². The van der Waals surface area contributed by atoms with E-state index in [0.29, 0.717) is 23.3 Å². The Morgan fingerprint density at radius 3 is 2.76 bits per heavy atom. The Bertz CT molecular complexity index is 440. The van der Waals surface area contributed by atoms with E-state index >= 15 is 0 Å². The number of benzene rings is 1. The average Bonchev–Trinajstić information content (AvgIpc) is 3.09. The lowest BCUT2D eigenvalue weighted by Crippen LogP contribution is -2.07. The van der Waals surface area contributed by atoms with E-state index in [-0.39, 0.29) is 11.3 Å². The van der Waals surface area contributed by atoms with Gasteiger partial charge in [0.05, 0.1) is 13.7 Å². The topological polar surface area (TPSA) is 55.8 Å². The average molecular weight is 257 g/mol. The number of ether oxygens (including phenoxy) is 2. The summed E-state index contributed by atoms with van der Waals surface area (Å²) in [6.45, 7) is 0.526. The number of hydrogen-bond acceptors (Lipinski definition) is 3. The van der Waals surface area contributed by atoms with Crippen LogP contribution < -0.4 is 9.47 Å². The molecular formula is C12H13ClO4. The lowest BCUT2D eigenvalue weighted by atomic mass is 10.2. The maximum atomic E-state index is 11.1. The highest BCUT2D eigenvalue weighted by molar-refractivity contribution is 6.31. The van der Waals surface area contributed by atoms with Crippen LogP contribution in [0, 0.1) is 5.92 Å². The Hall–Kier alpha value is -1.42. The smallest absolute Gasteiger partial charge is 0.339 e. The molecule has 2 rings (SSSR count). The highest BCUT2D eigenvalue weighted by atomic mass is 35.5. The standard InChI is InChI=1S/C12H13ClO4/c1-16-10-5-8(13)4-9(12(14)15)11(10)17-6-7-2-3-7/h4-5,7H,2-3,6H2,1H3,(H,14,15). The molecule has 0 aromatic heterocycles. The fraction of sp³-hybridized carbons (Fsp3) is 0.417. The lowest BCUT2D eigenvalue weighted by Gasteiger charge is -2.13. The van der Waals surface area contributed by atoms with Crippen molar-refractivity contribution in [3.05, 3.63) is 22.7 Å². The summed E-state index contributed by atoms with van der Waals surface area (Å²) in [4.78, 5) is 11.1. The van der Waals surface area contributed by atoms with Crippen LogP contribution in [0.25, 0.3) is 0 Å². The van der Waals surface area contributed by atoms with Crippen LogP contribution in [0.1, 0.15) is 23.2 Å². The van der Waals surface area contributed by atoms with E-state index < -0.39 is 5.97 Å². The molecular weight excluding hydrogens is 244 g/mol. The Kier molecular flexibility index (Phi) is 3.43. The van der Waals surface area contributed by atoms with Gasteiger partial charge in [0, 0.05) is 11.1 Å². The maximum Gasteiger partial charge on any atom is 0.339 e. The van der Waals surface area contributed by atoms with Gasteiger partial charge in [-0.05, 0) is 24.8 Å². The first kappa shape index (κ1) is 12.0. The zero-order valence-electron chi connectivity index (χ0n) is 9.40. The number of methoxy groups -OCH3 is 1. The predicted octanol–water partition coefficient (Wildman–Crippen LogP) is 2.84. The monoisotopic (exact) mass is 256 g/mol. The minimum Gasteiger partial charge on any atom is -0.493 e. The fourth-order valence-electron chi connectivity index (χ4n) is 1.51. The van der Waals surface area contributed by atoms with E-state index in [4.69, 9.17) is 26.2 Å². The number of rotatable bonds is 5. The van der Waals surface area contributed by atoms with E-state index in [1.54, 1.807) is 6.07 Å². The molecule has 5 heteroatoms. The van der Waals surface area contributed by atoms with E-state index in [0.717, 1.165) is 12.8 Å². The second-order valence-corrected chi connectivity index (χ2v) is 4.48. The summed E-state index contributed by atoms with van der Waals surface area (Å²) in [5, 5.41) is 9.41. The Labute approximate surface area is 104 Å². The van der Waals surface area contributed by atoms with Crippen LogP contribution in [0.4, 0.5) is 0 Å². The van der Waals surface area contributed by atoms with Gasteiger partial charge in [-0.2, -0.15) is 0 Å². The minimum absolute atomic E-state index is 0.0370. The van der Waals surface area contributed by atoms with Crippen molar-refractivity contribution in [3.63, 3.8) is 0 Å². The molecule has 1 aliphatic rings. The normalized spacial score (nSPS) is 14.5. The minimum atomic E-state index is -1.07. The van der Waals surface area contributed by atoms with Crippen LogP contribution in [0.2, 0.25) is 5.02 Å². The third-order valence-corrected chi connectivity index (χ3v) is 2.85. The van der Waals surface area contributed by atoms with E-state index in [2.05, 4.69) is 0 Å². The summed E-state index contributed by atoms with van der Waals surface area (Å²) in [5.74, 6) is 0.0838. The van der Waals surface area contributed by atoms with Gasteiger partial charge in [-0.1, -0.05) is 11.6 Å². The molecule has 1 aromatic rings. The molecule has 0 heterocycles. The zero-order chi connectivity index (χ0) is 12.4. The van der Waals surface area contributed by atoms with Crippen LogP contribution in [0.15, 0.2) is 12.1 Å². The second kappa shape index (κ2) is 4.84. The van der Waals surface area contributed by atoms with E-state index in [1.807, 2.05) is 0 Å². The number of carbonyl (C=O) groups is 1. The van der Waals surface area contributed by atoms with E-state index in [9.17, 15) is 4.79 Å². The molecule has 1 saturated carbocycles. The van der Waals surface area contributed by atoms with Crippen molar-refractivity contribution in [2.24, 2.45) is 5.92 Å². The summed E-state index contributed by atoms with van der Waals surface area (Å²) < 4.78 is 10.6. The maximum absolute atomic E-state index is 11.1. The molecule has 0 amide bonds. The molecule has 1 fully saturated rings.